The first-order chi connectivity index (χ1) is 15.0. The molecule has 3 aliphatic carbocycles. The van der Waals surface area contributed by atoms with Crippen molar-refractivity contribution in [3.63, 3.8) is 0 Å². The third-order valence-electron chi connectivity index (χ3n) is 9.56. The van der Waals surface area contributed by atoms with Crippen LogP contribution in [-0.2, 0) is 11.8 Å². The molecule has 5 aliphatic rings. The number of phenols is 1. The lowest BCUT2D eigenvalue weighted by Gasteiger charge is -2.64. The smallest absolute Gasteiger partial charge is 0.270 e. The van der Waals surface area contributed by atoms with Gasteiger partial charge in [0.05, 0.1) is 0 Å². The number of rotatable bonds is 1. The maximum atomic E-state index is 13.4. The van der Waals surface area contributed by atoms with Crippen LogP contribution in [0.4, 0.5) is 0 Å². The average Bonchev–Trinajstić information content (AvgIpc) is 3.20. The van der Waals surface area contributed by atoms with Crippen LogP contribution in [0.25, 0.3) is 0 Å². The number of phenolic OH excluding ortho intramolecular Hbond substituents is 1. The van der Waals surface area contributed by atoms with E-state index in [4.69, 9.17) is 0 Å². The van der Waals surface area contributed by atoms with E-state index < -0.39 is 0 Å². The van der Waals surface area contributed by atoms with Crippen molar-refractivity contribution in [2.75, 3.05) is 13.1 Å². The highest BCUT2D eigenvalue weighted by molar-refractivity contribution is 5.92. The van der Waals surface area contributed by atoms with Gasteiger partial charge >= 0.3 is 0 Å². The number of carbonyl (C=O) groups is 1. The SMILES string of the molecule is O=C(c1cccc(=O)[nH]1)N1C[C@H]2C[C@@]34CC[C@@H]1[C@@H]2[C@@]31CCN[C@@H]4Cc2ccc(O)cc21. The lowest BCUT2D eigenvalue weighted by Crippen LogP contribution is -2.69. The predicted octanol–water partition coefficient (Wildman–Crippen LogP) is 2.18. The van der Waals surface area contributed by atoms with Gasteiger partial charge in [-0.3, -0.25) is 9.59 Å². The summed E-state index contributed by atoms with van der Waals surface area (Å²) in [5.41, 5.74) is 3.14. The Balaban J connectivity index is 1.37. The molecule has 7 rings (SSSR count). The van der Waals surface area contributed by atoms with Crippen molar-refractivity contribution in [2.45, 2.75) is 49.6 Å². The van der Waals surface area contributed by atoms with Crippen LogP contribution in [0.2, 0.25) is 0 Å². The molecule has 3 N–H and O–H groups in total. The number of aromatic amines is 1. The summed E-state index contributed by atoms with van der Waals surface area (Å²) in [6, 6.07) is 11.5. The summed E-state index contributed by atoms with van der Waals surface area (Å²) in [4.78, 5) is 30.1. The maximum Gasteiger partial charge on any atom is 0.270 e. The van der Waals surface area contributed by atoms with Crippen LogP contribution >= 0.6 is 0 Å². The number of nitrogens with one attached hydrogen (secondary N) is 2. The Morgan fingerprint density at radius 3 is 2.97 bits per heavy atom. The van der Waals surface area contributed by atoms with E-state index in [2.05, 4.69) is 21.3 Å². The van der Waals surface area contributed by atoms with Gasteiger partial charge in [0.2, 0.25) is 5.56 Å². The fraction of sp³-hybridized carbons (Fsp3) is 0.520. The Labute approximate surface area is 180 Å². The van der Waals surface area contributed by atoms with E-state index in [9.17, 15) is 14.7 Å². The summed E-state index contributed by atoms with van der Waals surface area (Å²) in [5.74, 6) is 1.21. The minimum atomic E-state index is -0.232. The second-order valence-corrected chi connectivity index (χ2v) is 10.4. The van der Waals surface area contributed by atoms with Gasteiger partial charge in [-0.05, 0) is 85.2 Å². The Hall–Kier alpha value is -2.60. The molecule has 2 aliphatic heterocycles. The fourth-order valence-electron chi connectivity index (χ4n) is 8.85. The Kier molecular flexibility index (Phi) is 3.37. The van der Waals surface area contributed by atoms with E-state index >= 15 is 0 Å². The number of aromatic nitrogens is 1. The van der Waals surface area contributed by atoms with Crippen LogP contribution in [-0.4, -0.2) is 46.1 Å². The largest absolute Gasteiger partial charge is 0.508 e. The topological polar surface area (TPSA) is 85.4 Å². The molecule has 0 unspecified atom stereocenters. The molecule has 4 bridgehead atoms. The maximum absolute atomic E-state index is 13.4. The molecule has 2 aromatic rings. The Morgan fingerprint density at radius 2 is 2.10 bits per heavy atom. The summed E-state index contributed by atoms with van der Waals surface area (Å²) in [5, 5.41) is 14.3. The molecule has 0 radical (unpaired) electrons. The standard InChI is InChI=1S/C25H27N3O3/c29-16-5-4-14-10-20-24-7-6-19-22(25(24,8-9-26-20)17(14)11-16)15(12-24)13-28(19)23(31)18-2-1-3-21(30)27-18/h1-5,11,15,19-20,22,26,29H,6-10,12-13H2,(H,27,30)/t15-,19-,20-,22-,24-,25+/m1/s1. The van der Waals surface area contributed by atoms with Crippen LogP contribution in [0, 0.1) is 17.3 Å². The molecule has 1 aromatic heterocycles. The zero-order chi connectivity index (χ0) is 21.0. The lowest BCUT2D eigenvalue weighted by atomic mass is 9.44. The average molecular weight is 418 g/mol. The van der Waals surface area contributed by atoms with Crippen LogP contribution in [0.1, 0.15) is 47.3 Å². The molecule has 4 fully saturated rings. The highest BCUT2D eigenvalue weighted by Crippen LogP contribution is 2.74. The van der Waals surface area contributed by atoms with E-state index in [1.807, 2.05) is 12.1 Å². The van der Waals surface area contributed by atoms with Crippen molar-refractivity contribution in [1.29, 1.82) is 0 Å². The quantitative estimate of drug-likeness (QED) is 0.664. The van der Waals surface area contributed by atoms with Crippen LogP contribution in [0.5, 0.6) is 5.75 Å². The summed E-state index contributed by atoms with van der Waals surface area (Å²) in [6.07, 6.45) is 5.40. The molecular formula is C25H27N3O3. The van der Waals surface area contributed by atoms with Gasteiger partial charge in [0, 0.05) is 30.1 Å². The van der Waals surface area contributed by atoms with Crippen molar-refractivity contribution in [3.05, 3.63) is 63.6 Å². The molecule has 6 heteroatoms. The third kappa shape index (κ3) is 2.03. The number of pyridine rings is 1. The third-order valence-corrected chi connectivity index (χ3v) is 9.56. The summed E-state index contributed by atoms with van der Waals surface area (Å²) < 4.78 is 0. The number of likely N-dealkylation sites (tertiary alicyclic amines) is 1. The number of H-pyrrole nitrogens is 1. The van der Waals surface area contributed by atoms with Gasteiger partial charge in [-0.2, -0.15) is 0 Å². The number of hydrogen-bond acceptors (Lipinski definition) is 4. The number of fused-ring (bicyclic) bond motifs is 1. The first-order valence-electron chi connectivity index (χ1n) is 11.6. The zero-order valence-electron chi connectivity index (χ0n) is 17.4. The number of amides is 1. The van der Waals surface area contributed by atoms with Crippen molar-refractivity contribution in [2.24, 2.45) is 17.3 Å². The second kappa shape index (κ2) is 5.80. The van der Waals surface area contributed by atoms with E-state index in [0.29, 0.717) is 29.3 Å². The van der Waals surface area contributed by atoms with Crippen molar-refractivity contribution in [3.8, 4) is 5.75 Å². The summed E-state index contributed by atoms with van der Waals surface area (Å²) in [7, 11) is 0. The highest BCUT2D eigenvalue weighted by Gasteiger charge is 2.75. The number of hydrogen-bond donors (Lipinski definition) is 3. The van der Waals surface area contributed by atoms with E-state index in [1.165, 1.54) is 17.2 Å². The number of aromatic hydroxyl groups is 1. The fourth-order valence-corrected chi connectivity index (χ4v) is 8.85. The lowest BCUT2D eigenvalue weighted by molar-refractivity contribution is -0.0448. The normalized spacial score (nSPS) is 39.2. The number of nitrogens with zero attached hydrogens (tertiary/aromatic N) is 1. The number of benzene rings is 1. The van der Waals surface area contributed by atoms with E-state index in [1.54, 1.807) is 12.1 Å². The van der Waals surface area contributed by atoms with Crippen LogP contribution in [0.3, 0.4) is 0 Å². The Bertz CT molecular complexity index is 1170. The van der Waals surface area contributed by atoms with Gasteiger partial charge in [-0.15, -0.1) is 0 Å². The molecule has 2 saturated carbocycles. The van der Waals surface area contributed by atoms with Gasteiger partial charge in [0.25, 0.3) is 5.91 Å². The van der Waals surface area contributed by atoms with E-state index in [-0.39, 0.29) is 28.3 Å². The molecule has 2 saturated heterocycles. The summed E-state index contributed by atoms with van der Waals surface area (Å²) >= 11 is 0. The molecule has 6 atom stereocenters. The zero-order valence-corrected chi connectivity index (χ0v) is 17.4. The van der Waals surface area contributed by atoms with Gasteiger partial charge in [-0.25, -0.2) is 0 Å². The van der Waals surface area contributed by atoms with Crippen LogP contribution < -0.4 is 10.9 Å². The van der Waals surface area contributed by atoms with Crippen LogP contribution in [0.15, 0.2) is 41.2 Å². The molecule has 1 aromatic carbocycles. The molecular weight excluding hydrogens is 390 g/mol. The van der Waals surface area contributed by atoms with Gasteiger partial charge < -0.3 is 20.3 Å². The monoisotopic (exact) mass is 417 g/mol. The number of piperidine rings is 1. The minimum absolute atomic E-state index is 0.0297. The molecule has 160 valence electrons. The Morgan fingerprint density at radius 1 is 1.19 bits per heavy atom. The van der Waals surface area contributed by atoms with Gasteiger partial charge in [-0.1, -0.05) is 12.1 Å². The minimum Gasteiger partial charge on any atom is -0.508 e. The summed E-state index contributed by atoms with van der Waals surface area (Å²) in [6.45, 7) is 1.77. The molecule has 3 heterocycles. The first-order valence-corrected chi connectivity index (χ1v) is 11.6. The molecule has 1 amide bonds. The molecule has 0 spiro atoms. The van der Waals surface area contributed by atoms with Crippen molar-refractivity contribution < 1.29 is 9.90 Å². The van der Waals surface area contributed by atoms with E-state index in [0.717, 1.165) is 45.2 Å². The molecule has 6 nitrogen and oxygen atoms in total. The molecule has 31 heavy (non-hydrogen) atoms. The first kappa shape index (κ1) is 18.0. The highest BCUT2D eigenvalue weighted by atomic mass is 16.3. The second-order valence-electron chi connectivity index (χ2n) is 10.4. The predicted molar refractivity (Wildman–Crippen MR) is 115 cm³/mol. The van der Waals surface area contributed by atoms with Gasteiger partial charge in [0.15, 0.2) is 0 Å². The van der Waals surface area contributed by atoms with Crippen molar-refractivity contribution in [1.82, 2.24) is 15.2 Å². The number of carbonyl (C=O) groups excluding carboxylic acids is 1. The van der Waals surface area contributed by atoms with Crippen molar-refractivity contribution >= 4 is 5.91 Å². The van der Waals surface area contributed by atoms with Gasteiger partial charge in [0.1, 0.15) is 11.4 Å².